The molecule has 3 aromatic rings. The monoisotopic (exact) mass is 349 g/mol. The van der Waals surface area contributed by atoms with Crippen molar-refractivity contribution in [3.05, 3.63) is 53.6 Å². The molecule has 1 aliphatic rings. The van der Waals surface area contributed by atoms with Crippen molar-refractivity contribution in [3.63, 3.8) is 0 Å². The molecule has 6 heteroatoms. The van der Waals surface area contributed by atoms with Crippen molar-refractivity contribution < 1.29 is 4.79 Å². The van der Waals surface area contributed by atoms with E-state index in [2.05, 4.69) is 25.2 Å². The lowest BCUT2D eigenvalue weighted by Crippen LogP contribution is -2.26. The van der Waals surface area contributed by atoms with Gasteiger partial charge in [0.15, 0.2) is 0 Å². The van der Waals surface area contributed by atoms with Crippen LogP contribution in [0.3, 0.4) is 0 Å². The summed E-state index contributed by atoms with van der Waals surface area (Å²) in [4.78, 5) is 26.9. The quantitative estimate of drug-likeness (QED) is 0.743. The largest absolute Gasteiger partial charge is 0.361 e. The highest BCUT2D eigenvalue weighted by Crippen LogP contribution is 2.19. The molecular weight excluding hydrogens is 326 g/mol. The van der Waals surface area contributed by atoms with Crippen molar-refractivity contribution in [1.29, 1.82) is 0 Å². The third-order valence-corrected chi connectivity index (χ3v) is 4.79. The Bertz CT molecular complexity index is 927. The third-order valence-electron chi connectivity index (χ3n) is 4.79. The summed E-state index contributed by atoms with van der Waals surface area (Å²) in [5.74, 6) is 1.61. The molecule has 0 spiro atoms. The highest BCUT2D eigenvalue weighted by Gasteiger charge is 2.15. The zero-order valence-electron chi connectivity index (χ0n) is 15.0. The minimum atomic E-state index is -0.0254. The highest BCUT2D eigenvalue weighted by atomic mass is 16.1. The number of para-hydroxylation sites is 1. The van der Waals surface area contributed by atoms with Gasteiger partial charge in [-0.1, -0.05) is 18.2 Å². The number of aryl methyl sites for hydroxylation is 1. The van der Waals surface area contributed by atoms with E-state index in [1.54, 1.807) is 0 Å². The van der Waals surface area contributed by atoms with Gasteiger partial charge in [-0.05, 0) is 31.4 Å². The first-order valence-electron chi connectivity index (χ1n) is 9.10. The van der Waals surface area contributed by atoms with E-state index in [1.165, 1.54) is 12.8 Å². The number of hydrogen-bond acceptors (Lipinski definition) is 4. The van der Waals surface area contributed by atoms with Crippen LogP contribution in [0.5, 0.6) is 0 Å². The zero-order chi connectivity index (χ0) is 17.9. The van der Waals surface area contributed by atoms with Crippen LogP contribution in [-0.2, 0) is 17.8 Å². The number of amides is 1. The number of carbonyl (C=O) groups excluding carboxylic acids is 1. The highest BCUT2D eigenvalue weighted by molar-refractivity contribution is 5.88. The fourth-order valence-electron chi connectivity index (χ4n) is 3.49. The molecule has 0 bridgehead atoms. The van der Waals surface area contributed by atoms with Crippen molar-refractivity contribution in [2.24, 2.45) is 0 Å². The van der Waals surface area contributed by atoms with Crippen LogP contribution in [0.4, 0.5) is 5.82 Å². The van der Waals surface area contributed by atoms with Gasteiger partial charge in [-0.25, -0.2) is 9.97 Å². The second kappa shape index (κ2) is 7.15. The number of nitrogens with one attached hydrogen (secondary N) is 2. The van der Waals surface area contributed by atoms with Gasteiger partial charge >= 0.3 is 0 Å². The van der Waals surface area contributed by atoms with Crippen LogP contribution in [0.2, 0.25) is 0 Å². The fourth-order valence-corrected chi connectivity index (χ4v) is 3.49. The fraction of sp³-hybridized carbons (Fsp3) is 0.350. The number of H-pyrrole nitrogens is 1. The van der Waals surface area contributed by atoms with E-state index in [4.69, 9.17) is 0 Å². The number of hydrogen-bond donors (Lipinski definition) is 2. The summed E-state index contributed by atoms with van der Waals surface area (Å²) >= 11 is 0. The number of aromatic nitrogens is 3. The Morgan fingerprint density at radius 3 is 2.88 bits per heavy atom. The molecule has 0 atom stereocenters. The van der Waals surface area contributed by atoms with E-state index >= 15 is 0 Å². The minimum absolute atomic E-state index is 0.0254. The lowest BCUT2D eigenvalue weighted by atomic mass is 10.1. The van der Waals surface area contributed by atoms with E-state index in [0.29, 0.717) is 18.8 Å². The minimum Gasteiger partial charge on any atom is -0.361 e. The first kappa shape index (κ1) is 16.6. The summed E-state index contributed by atoms with van der Waals surface area (Å²) in [6.45, 7) is 4.41. The predicted octanol–water partition coefficient (Wildman–Crippen LogP) is 2.73. The Morgan fingerprint density at radius 1 is 1.23 bits per heavy atom. The Hall–Kier alpha value is -2.89. The van der Waals surface area contributed by atoms with E-state index in [1.807, 2.05) is 43.5 Å². The Morgan fingerprint density at radius 2 is 2.04 bits per heavy atom. The maximum atomic E-state index is 12.4. The summed E-state index contributed by atoms with van der Waals surface area (Å²) in [6, 6.07) is 10.0. The van der Waals surface area contributed by atoms with Crippen LogP contribution in [0.25, 0.3) is 10.9 Å². The number of anilines is 1. The average molecular weight is 349 g/mol. The number of rotatable bonds is 5. The molecule has 2 aromatic heterocycles. The third kappa shape index (κ3) is 3.54. The SMILES string of the molecule is Cc1cc(N2CCCC2)nc(CNC(=O)Cc2c[nH]c3ccccc23)n1. The summed E-state index contributed by atoms with van der Waals surface area (Å²) in [7, 11) is 0. The van der Waals surface area contributed by atoms with E-state index in [0.717, 1.165) is 41.1 Å². The normalized spacial score (nSPS) is 14.1. The van der Waals surface area contributed by atoms with Gasteiger partial charge in [0, 0.05) is 41.9 Å². The average Bonchev–Trinajstić information content (AvgIpc) is 3.30. The topological polar surface area (TPSA) is 73.9 Å². The number of fused-ring (bicyclic) bond motifs is 1. The molecule has 26 heavy (non-hydrogen) atoms. The molecule has 2 N–H and O–H groups in total. The van der Waals surface area contributed by atoms with Crippen molar-refractivity contribution in [2.45, 2.75) is 32.7 Å². The Balaban J connectivity index is 1.41. The smallest absolute Gasteiger partial charge is 0.224 e. The molecule has 1 saturated heterocycles. The maximum absolute atomic E-state index is 12.4. The van der Waals surface area contributed by atoms with Crippen LogP contribution in [0.15, 0.2) is 36.5 Å². The molecule has 0 unspecified atom stereocenters. The maximum Gasteiger partial charge on any atom is 0.224 e. The van der Waals surface area contributed by atoms with Crippen molar-refractivity contribution in [2.75, 3.05) is 18.0 Å². The summed E-state index contributed by atoms with van der Waals surface area (Å²) < 4.78 is 0. The van der Waals surface area contributed by atoms with Crippen LogP contribution < -0.4 is 10.2 Å². The molecule has 4 rings (SSSR count). The van der Waals surface area contributed by atoms with Gasteiger partial charge in [0.25, 0.3) is 0 Å². The van der Waals surface area contributed by atoms with Gasteiger partial charge < -0.3 is 15.2 Å². The van der Waals surface area contributed by atoms with Crippen molar-refractivity contribution in [1.82, 2.24) is 20.3 Å². The van der Waals surface area contributed by atoms with Gasteiger partial charge in [-0.15, -0.1) is 0 Å². The molecule has 0 saturated carbocycles. The standard InChI is InChI=1S/C20H23N5O/c1-14-10-19(25-8-4-5-9-25)24-18(23-14)13-22-20(26)11-15-12-21-17-7-3-2-6-16(15)17/h2-3,6-7,10,12,21H,4-5,8-9,11,13H2,1H3,(H,22,26). The van der Waals surface area contributed by atoms with Crippen LogP contribution in [-0.4, -0.2) is 33.9 Å². The van der Waals surface area contributed by atoms with Crippen molar-refractivity contribution >= 4 is 22.6 Å². The van der Waals surface area contributed by atoms with Gasteiger partial charge in [-0.3, -0.25) is 4.79 Å². The summed E-state index contributed by atoms with van der Waals surface area (Å²) in [6.07, 6.45) is 4.66. The van der Waals surface area contributed by atoms with Gasteiger partial charge in [0.2, 0.25) is 5.91 Å². The van der Waals surface area contributed by atoms with Crippen LogP contribution in [0.1, 0.15) is 29.9 Å². The molecule has 1 fully saturated rings. The van der Waals surface area contributed by atoms with E-state index in [9.17, 15) is 4.79 Å². The lowest BCUT2D eigenvalue weighted by Gasteiger charge is -2.17. The second-order valence-electron chi connectivity index (χ2n) is 6.79. The Labute approximate surface area is 152 Å². The molecule has 0 radical (unpaired) electrons. The van der Waals surface area contributed by atoms with Gasteiger partial charge in [0.1, 0.15) is 11.6 Å². The second-order valence-corrected chi connectivity index (χ2v) is 6.79. The Kier molecular flexibility index (Phi) is 4.56. The zero-order valence-corrected chi connectivity index (χ0v) is 15.0. The van der Waals surface area contributed by atoms with Gasteiger partial charge in [-0.2, -0.15) is 0 Å². The molecular formula is C20H23N5O. The number of aromatic amines is 1. The van der Waals surface area contributed by atoms with Crippen molar-refractivity contribution in [3.8, 4) is 0 Å². The van der Waals surface area contributed by atoms with E-state index < -0.39 is 0 Å². The first-order chi connectivity index (χ1) is 12.7. The van der Waals surface area contributed by atoms with E-state index in [-0.39, 0.29) is 5.91 Å². The number of nitrogens with zero attached hydrogens (tertiary/aromatic N) is 3. The number of carbonyl (C=O) groups is 1. The molecule has 134 valence electrons. The molecule has 3 heterocycles. The van der Waals surface area contributed by atoms with Crippen LogP contribution >= 0.6 is 0 Å². The molecule has 0 aliphatic carbocycles. The molecule has 1 aliphatic heterocycles. The summed E-state index contributed by atoms with van der Waals surface area (Å²) in [5.41, 5.74) is 2.98. The number of benzene rings is 1. The molecule has 1 aromatic carbocycles. The molecule has 1 amide bonds. The lowest BCUT2D eigenvalue weighted by molar-refractivity contribution is -0.120. The predicted molar refractivity (Wildman–Crippen MR) is 102 cm³/mol. The van der Waals surface area contributed by atoms with Crippen LogP contribution in [0, 0.1) is 6.92 Å². The summed E-state index contributed by atoms with van der Waals surface area (Å²) in [5, 5.41) is 4.04. The first-order valence-corrected chi connectivity index (χ1v) is 9.10. The van der Waals surface area contributed by atoms with Gasteiger partial charge in [0.05, 0.1) is 13.0 Å². The molecule has 6 nitrogen and oxygen atoms in total.